The second-order valence-corrected chi connectivity index (χ2v) is 6.69. The lowest BCUT2D eigenvalue weighted by atomic mass is 10.1. The van der Waals surface area contributed by atoms with E-state index in [2.05, 4.69) is 15.2 Å². The third kappa shape index (κ3) is 5.46. The molecule has 1 atom stereocenters. The Balaban J connectivity index is 2.26. The van der Waals surface area contributed by atoms with Crippen molar-refractivity contribution in [2.45, 2.75) is 26.8 Å². The highest BCUT2D eigenvalue weighted by Crippen LogP contribution is 2.23. The highest BCUT2D eigenvalue weighted by molar-refractivity contribution is 6.10. The molecule has 152 valence electrons. The van der Waals surface area contributed by atoms with Gasteiger partial charge in [-0.05, 0) is 56.7 Å². The van der Waals surface area contributed by atoms with Gasteiger partial charge in [-0.25, -0.2) is 4.79 Å². The van der Waals surface area contributed by atoms with Gasteiger partial charge in [-0.1, -0.05) is 6.07 Å². The van der Waals surface area contributed by atoms with Crippen LogP contribution in [-0.4, -0.2) is 30.2 Å². The van der Waals surface area contributed by atoms with Gasteiger partial charge in [0, 0.05) is 29.9 Å². The van der Waals surface area contributed by atoms with Crippen LogP contribution in [0.2, 0.25) is 0 Å². The Morgan fingerprint density at radius 3 is 2.52 bits per heavy atom. The van der Waals surface area contributed by atoms with Gasteiger partial charge in [0.2, 0.25) is 0 Å². The first-order valence-electron chi connectivity index (χ1n) is 9.03. The number of carbonyl (C=O) groups excluding carboxylic acids is 2. The van der Waals surface area contributed by atoms with Gasteiger partial charge in [0.25, 0.3) is 5.91 Å². The molecule has 1 unspecified atom stereocenters. The van der Waals surface area contributed by atoms with E-state index < -0.39 is 11.9 Å². The molecule has 29 heavy (non-hydrogen) atoms. The number of hydrogen-bond acceptors (Lipinski definition) is 4. The zero-order valence-electron chi connectivity index (χ0n) is 16.9. The second kappa shape index (κ2) is 9.57. The molecule has 0 saturated carbocycles. The summed E-state index contributed by atoms with van der Waals surface area (Å²) in [5, 5.41) is 14.6. The minimum Gasteiger partial charge on any atom is -0.383 e. The summed E-state index contributed by atoms with van der Waals surface area (Å²) in [5.41, 5.74) is 8.69. The van der Waals surface area contributed by atoms with Crippen LogP contribution in [-0.2, 0) is 9.53 Å². The number of urea groups is 1. The van der Waals surface area contributed by atoms with E-state index in [1.54, 1.807) is 37.5 Å². The lowest BCUT2D eigenvalue weighted by Gasteiger charge is -2.17. The van der Waals surface area contributed by atoms with E-state index >= 15 is 0 Å². The van der Waals surface area contributed by atoms with Crippen molar-refractivity contribution >= 4 is 29.4 Å². The third-order valence-electron chi connectivity index (χ3n) is 4.43. The molecule has 0 bridgehead atoms. The first-order chi connectivity index (χ1) is 13.8. The number of nitriles is 1. The molecule has 0 aliphatic carbocycles. The Morgan fingerprint density at radius 1 is 1.28 bits per heavy atom. The maximum atomic E-state index is 12.6. The lowest BCUT2D eigenvalue weighted by molar-refractivity contribution is -0.112. The number of carbonyl (C=O) groups is 2. The predicted octanol–water partition coefficient (Wildman–Crippen LogP) is 3.35. The Hall–Kier alpha value is -3.57. The van der Waals surface area contributed by atoms with Gasteiger partial charge in [-0.3, -0.25) is 4.79 Å². The fraction of sp³-hybridized carbons (Fsp3) is 0.286. The first kappa shape index (κ1) is 21.7. The Bertz CT molecular complexity index is 985. The zero-order chi connectivity index (χ0) is 21.6. The second-order valence-electron chi connectivity index (χ2n) is 6.69. The van der Waals surface area contributed by atoms with Gasteiger partial charge in [-0.15, -0.1) is 0 Å². The van der Waals surface area contributed by atoms with Crippen LogP contribution in [0.15, 0.2) is 35.9 Å². The van der Waals surface area contributed by atoms with Crippen molar-refractivity contribution < 1.29 is 14.3 Å². The Kier molecular flexibility index (Phi) is 7.17. The Labute approximate surface area is 170 Å². The number of amides is 3. The van der Waals surface area contributed by atoms with E-state index in [1.165, 1.54) is 0 Å². The van der Waals surface area contributed by atoms with Crippen molar-refractivity contribution in [1.82, 2.24) is 4.57 Å². The van der Waals surface area contributed by atoms with Gasteiger partial charge in [0.15, 0.2) is 0 Å². The number of rotatable bonds is 7. The van der Waals surface area contributed by atoms with Crippen molar-refractivity contribution in [3.05, 3.63) is 52.9 Å². The van der Waals surface area contributed by atoms with E-state index in [4.69, 9.17) is 10.5 Å². The largest absolute Gasteiger partial charge is 0.383 e. The number of aromatic nitrogens is 1. The summed E-state index contributed by atoms with van der Waals surface area (Å²) in [5.74, 6) is -0.543. The quantitative estimate of drug-likeness (QED) is 0.491. The number of nitrogens with one attached hydrogen (secondary N) is 2. The maximum Gasteiger partial charge on any atom is 0.316 e. The third-order valence-corrected chi connectivity index (χ3v) is 4.43. The number of nitrogens with zero attached hydrogens (tertiary/aromatic N) is 2. The number of anilines is 2. The van der Waals surface area contributed by atoms with Crippen LogP contribution in [0.25, 0.3) is 6.08 Å². The van der Waals surface area contributed by atoms with Gasteiger partial charge >= 0.3 is 6.03 Å². The van der Waals surface area contributed by atoms with Crippen molar-refractivity contribution in [2.24, 2.45) is 5.73 Å². The number of nitrogens with two attached hydrogens (primary N) is 1. The number of aryl methyl sites for hydroxylation is 1. The molecule has 1 aromatic heterocycles. The van der Waals surface area contributed by atoms with Crippen molar-refractivity contribution in [1.29, 1.82) is 5.26 Å². The smallest absolute Gasteiger partial charge is 0.316 e. The number of methoxy groups -OCH3 is 1. The molecular formula is C21H25N5O3. The molecule has 4 N–H and O–H groups in total. The molecule has 8 nitrogen and oxygen atoms in total. The molecule has 0 aliphatic heterocycles. The van der Waals surface area contributed by atoms with Crippen LogP contribution >= 0.6 is 0 Å². The molecule has 8 heteroatoms. The van der Waals surface area contributed by atoms with Crippen LogP contribution < -0.4 is 16.4 Å². The number of ether oxygens (including phenoxy) is 1. The average Bonchev–Trinajstić information content (AvgIpc) is 2.92. The highest BCUT2D eigenvalue weighted by atomic mass is 16.5. The molecule has 0 aliphatic rings. The topological polar surface area (TPSA) is 122 Å². The molecular weight excluding hydrogens is 370 g/mol. The molecule has 1 heterocycles. The van der Waals surface area contributed by atoms with Gasteiger partial charge in [0.05, 0.1) is 12.6 Å². The molecule has 2 aromatic rings. The normalized spacial score (nSPS) is 12.2. The van der Waals surface area contributed by atoms with E-state index in [-0.39, 0.29) is 11.6 Å². The highest BCUT2D eigenvalue weighted by Gasteiger charge is 2.16. The molecule has 0 fully saturated rings. The summed E-state index contributed by atoms with van der Waals surface area (Å²) in [6, 6.07) is 9.80. The van der Waals surface area contributed by atoms with Gasteiger partial charge < -0.3 is 25.7 Å². The predicted molar refractivity (Wildman–Crippen MR) is 112 cm³/mol. The average molecular weight is 395 g/mol. The van der Waals surface area contributed by atoms with Gasteiger partial charge in [-0.2, -0.15) is 5.26 Å². The van der Waals surface area contributed by atoms with Gasteiger partial charge in [0.1, 0.15) is 11.6 Å². The van der Waals surface area contributed by atoms with Crippen molar-refractivity contribution in [3.63, 3.8) is 0 Å². The maximum absolute atomic E-state index is 12.6. The summed E-state index contributed by atoms with van der Waals surface area (Å²) < 4.78 is 7.34. The van der Waals surface area contributed by atoms with E-state index in [0.29, 0.717) is 18.0 Å². The van der Waals surface area contributed by atoms with Crippen molar-refractivity contribution in [3.8, 4) is 6.07 Å². The monoisotopic (exact) mass is 395 g/mol. The zero-order valence-corrected chi connectivity index (χ0v) is 16.9. The fourth-order valence-corrected chi connectivity index (χ4v) is 3.26. The van der Waals surface area contributed by atoms with Crippen LogP contribution in [0.5, 0.6) is 0 Å². The minimum atomic E-state index is -0.704. The molecule has 0 saturated heterocycles. The van der Waals surface area contributed by atoms with Crippen LogP contribution in [0.3, 0.4) is 0 Å². The summed E-state index contributed by atoms with van der Waals surface area (Å²) in [6.07, 6.45) is 1.57. The van der Waals surface area contributed by atoms with E-state index in [9.17, 15) is 14.9 Å². The number of benzene rings is 1. The van der Waals surface area contributed by atoms with Crippen LogP contribution in [0, 0.1) is 25.2 Å². The molecule has 0 radical (unpaired) electrons. The summed E-state index contributed by atoms with van der Waals surface area (Å²) in [6.45, 7) is 6.51. The standard InChI is InChI=1S/C21H25N5O3/c1-13-8-16(15(3)26(13)14(2)12-29-4)9-17(11-22)20(27)24-18-6-5-7-19(10-18)25-21(23)28/h5-10,14H,12H2,1-4H3,(H,24,27)(H3,23,25,28)/b17-9+. The number of hydrogen-bond donors (Lipinski definition) is 3. The molecule has 3 amide bonds. The first-order valence-corrected chi connectivity index (χ1v) is 9.03. The Morgan fingerprint density at radius 2 is 1.93 bits per heavy atom. The molecule has 1 aromatic carbocycles. The summed E-state index contributed by atoms with van der Waals surface area (Å²) in [7, 11) is 1.65. The molecule has 2 rings (SSSR count). The van der Waals surface area contributed by atoms with Crippen molar-refractivity contribution in [2.75, 3.05) is 24.4 Å². The lowest BCUT2D eigenvalue weighted by Crippen LogP contribution is -2.19. The summed E-state index contributed by atoms with van der Waals surface area (Å²) in [4.78, 5) is 23.6. The fourth-order valence-electron chi connectivity index (χ4n) is 3.26. The number of primary amides is 1. The molecule has 0 spiro atoms. The van der Waals surface area contributed by atoms with Crippen LogP contribution in [0.4, 0.5) is 16.2 Å². The van der Waals surface area contributed by atoms with Crippen LogP contribution in [0.1, 0.15) is 29.9 Å². The SMILES string of the molecule is COCC(C)n1c(C)cc(/C=C(\C#N)C(=O)Nc2cccc(NC(N)=O)c2)c1C. The summed E-state index contributed by atoms with van der Waals surface area (Å²) >= 11 is 0. The minimum absolute atomic E-state index is 0.0297. The van der Waals surface area contributed by atoms with E-state index in [0.717, 1.165) is 17.0 Å². The van der Waals surface area contributed by atoms with E-state index in [1.807, 2.05) is 32.9 Å².